The molecule has 3 rings (SSSR count). The van der Waals surface area contributed by atoms with Gasteiger partial charge in [-0.3, -0.25) is 4.79 Å². The van der Waals surface area contributed by atoms with Gasteiger partial charge in [-0.15, -0.1) is 12.4 Å². The Morgan fingerprint density at radius 2 is 1.77 bits per heavy atom. The van der Waals surface area contributed by atoms with Crippen LogP contribution in [-0.4, -0.2) is 45.4 Å². The Hall–Kier alpha value is -2.08. The number of hydrogen-bond donors (Lipinski definition) is 2. The minimum atomic E-state index is -0.562. The van der Waals surface area contributed by atoms with Gasteiger partial charge in [0.15, 0.2) is 6.10 Å². The number of para-hydroxylation sites is 1. The molecule has 30 heavy (non-hydrogen) atoms. The summed E-state index contributed by atoms with van der Waals surface area (Å²) in [6, 6.07) is 18.2. The van der Waals surface area contributed by atoms with Crippen LogP contribution in [0.15, 0.2) is 54.6 Å². The molecular weight excluding hydrogens is 400 g/mol. The number of amides is 1. The van der Waals surface area contributed by atoms with Crippen LogP contribution in [0.1, 0.15) is 30.9 Å². The van der Waals surface area contributed by atoms with Gasteiger partial charge in [-0.05, 0) is 50.0 Å². The summed E-state index contributed by atoms with van der Waals surface area (Å²) in [7, 11) is 1.72. The minimum absolute atomic E-state index is 0. The van der Waals surface area contributed by atoms with Crippen molar-refractivity contribution in [1.82, 2.24) is 10.6 Å². The quantitative estimate of drug-likeness (QED) is 0.635. The fourth-order valence-corrected chi connectivity index (χ4v) is 3.88. The lowest BCUT2D eigenvalue weighted by molar-refractivity contribution is -0.128. The third-order valence-corrected chi connectivity index (χ3v) is 5.64. The second kappa shape index (κ2) is 11.9. The predicted octanol–water partition coefficient (Wildman–Crippen LogP) is 3.60. The van der Waals surface area contributed by atoms with Crippen molar-refractivity contribution in [3.8, 4) is 5.75 Å². The second-order valence-corrected chi connectivity index (χ2v) is 7.93. The molecule has 1 heterocycles. The van der Waals surface area contributed by atoms with Gasteiger partial charge < -0.3 is 20.1 Å². The average Bonchev–Trinajstić information content (AvgIpc) is 2.75. The molecule has 0 bridgehead atoms. The lowest BCUT2D eigenvalue weighted by Crippen LogP contribution is -2.49. The highest BCUT2D eigenvalue weighted by Gasteiger charge is 2.33. The third-order valence-electron chi connectivity index (χ3n) is 5.64. The van der Waals surface area contributed by atoms with Crippen LogP contribution >= 0.6 is 12.4 Å². The highest BCUT2D eigenvalue weighted by molar-refractivity contribution is 5.85. The molecule has 1 unspecified atom stereocenters. The van der Waals surface area contributed by atoms with Crippen molar-refractivity contribution in [1.29, 1.82) is 0 Å². The maximum atomic E-state index is 12.7. The smallest absolute Gasteiger partial charge is 0.260 e. The van der Waals surface area contributed by atoms with E-state index in [2.05, 4.69) is 28.8 Å². The van der Waals surface area contributed by atoms with Gasteiger partial charge in [0.1, 0.15) is 5.75 Å². The van der Waals surface area contributed by atoms with E-state index in [9.17, 15) is 4.79 Å². The summed E-state index contributed by atoms with van der Waals surface area (Å²) in [4.78, 5) is 12.7. The molecule has 0 radical (unpaired) electrons. The second-order valence-electron chi connectivity index (χ2n) is 7.93. The number of carbonyl (C=O) groups is 1. The first-order valence-electron chi connectivity index (χ1n) is 10.4. The number of rotatable bonds is 9. The van der Waals surface area contributed by atoms with Crippen molar-refractivity contribution >= 4 is 18.3 Å². The van der Waals surface area contributed by atoms with Crippen LogP contribution in [0.25, 0.3) is 0 Å². The maximum absolute atomic E-state index is 12.7. The van der Waals surface area contributed by atoms with E-state index in [0.717, 1.165) is 43.7 Å². The van der Waals surface area contributed by atoms with Crippen molar-refractivity contribution in [3.63, 3.8) is 0 Å². The highest BCUT2D eigenvalue weighted by Crippen LogP contribution is 2.28. The summed E-state index contributed by atoms with van der Waals surface area (Å²) in [6.07, 6.45) is 2.20. The molecule has 2 N–H and O–H groups in total. The molecule has 1 aliphatic heterocycles. The largest absolute Gasteiger partial charge is 0.481 e. The van der Waals surface area contributed by atoms with Crippen LogP contribution in [0.2, 0.25) is 0 Å². The van der Waals surface area contributed by atoms with Gasteiger partial charge in [-0.2, -0.15) is 0 Å². The zero-order valence-electron chi connectivity index (χ0n) is 17.9. The van der Waals surface area contributed by atoms with E-state index in [1.807, 2.05) is 36.4 Å². The van der Waals surface area contributed by atoms with E-state index in [1.54, 1.807) is 14.0 Å². The van der Waals surface area contributed by atoms with E-state index in [-0.39, 0.29) is 23.7 Å². The van der Waals surface area contributed by atoms with E-state index in [1.165, 1.54) is 5.56 Å². The standard InChI is InChI=1S/C24H32N2O3.ClH/c1-19(23(27)26-17-24(18-28-2)12-14-25-15-13-24)29-22-11-7-6-10-21(22)16-20-8-4-3-5-9-20;/h3-11,19,25H,12-18H2,1-2H3,(H,26,27);1H. The molecule has 2 aromatic rings. The van der Waals surface area contributed by atoms with E-state index in [4.69, 9.17) is 9.47 Å². The zero-order chi connectivity index (χ0) is 20.5. The van der Waals surface area contributed by atoms with Crippen LogP contribution in [0.3, 0.4) is 0 Å². The Kier molecular flexibility index (Phi) is 9.63. The van der Waals surface area contributed by atoms with Crippen molar-refractivity contribution in [3.05, 3.63) is 65.7 Å². The number of piperidine rings is 1. The van der Waals surface area contributed by atoms with Gasteiger partial charge in [0.2, 0.25) is 0 Å². The lowest BCUT2D eigenvalue weighted by Gasteiger charge is -2.37. The number of nitrogens with one attached hydrogen (secondary N) is 2. The Balaban J connectivity index is 0.00000320. The van der Waals surface area contributed by atoms with Crippen molar-refractivity contribution in [2.75, 3.05) is 33.4 Å². The average molecular weight is 433 g/mol. The molecule has 1 saturated heterocycles. The third kappa shape index (κ3) is 6.73. The molecule has 1 amide bonds. The minimum Gasteiger partial charge on any atom is -0.481 e. The molecule has 0 saturated carbocycles. The number of benzene rings is 2. The molecule has 0 aromatic heterocycles. The van der Waals surface area contributed by atoms with Crippen LogP contribution in [-0.2, 0) is 16.0 Å². The molecule has 2 aromatic carbocycles. The fraction of sp³-hybridized carbons (Fsp3) is 0.458. The van der Waals surface area contributed by atoms with Gasteiger partial charge in [0, 0.05) is 25.5 Å². The summed E-state index contributed by atoms with van der Waals surface area (Å²) < 4.78 is 11.5. The summed E-state index contributed by atoms with van der Waals surface area (Å²) in [6.45, 7) is 4.99. The van der Waals surface area contributed by atoms with Gasteiger partial charge in [-0.1, -0.05) is 48.5 Å². The van der Waals surface area contributed by atoms with Crippen molar-refractivity contribution in [2.24, 2.45) is 5.41 Å². The molecule has 5 nitrogen and oxygen atoms in total. The first-order valence-corrected chi connectivity index (χ1v) is 10.4. The monoisotopic (exact) mass is 432 g/mol. The highest BCUT2D eigenvalue weighted by atomic mass is 35.5. The number of carbonyl (C=O) groups excluding carboxylic acids is 1. The SMILES string of the molecule is COCC1(CNC(=O)C(C)Oc2ccccc2Cc2ccccc2)CCNCC1.Cl. The Labute approximate surface area is 186 Å². The van der Waals surface area contributed by atoms with Crippen molar-refractivity contribution < 1.29 is 14.3 Å². The number of halogens is 1. The van der Waals surface area contributed by atoms with Crippen LogP contribution in [0, 0.1) is 5.41 Å². The van der Waals surface area contributed by atoms with E-state index >= 15 is 0 Å². The lowest BCUT2D eigenvalue weighted by atomic mass is 9.79. The molecule has 0 spiro atoms. The first-order chi connectivity index (χ1) is 14.1. The first kappa shape index (κ1) is 24.2. The Bertz CT molecular complexity index is 774. The molecule has 6 heteroatoms. The molecule has 1 aliphatic rings. The molecular formula is C24H33ClN2O3. The summed E-state index contributed by atoms with van der Waals surface area (Å²) in [5.41, 5.74) is 2.29. The number of ether oxygens (including phenoxy) is 2. The fourth-order valence-electron chi connectivity index (χ4n) is 3.88. The van der Waals surface area contributed by atoms with Crippen LogP contribution < -0.4 is 15.4 Å². The van der Waals surface area contributed by atoms with Gasteiger partial charge in [0.05, 0.1) is 6.61 Å². The van der Waals surface area contributed by atoms with Gasteiger partial charge in [0.25, 0.3) is 5.91 Å². The van der Waals surface area contributed by atoms with E-state index < -0.39 is 6.10 Å². The summed E-state index contributed by atoms with van der Waals surface area (Å²) in [5.74, 6) is 0.668. The number of hydrogen-bond acceptors (Lipinski definition) is 4. The molecule has 1 atom stereocenters. The van der Waals surface area contributed by atoms with Crippen LogP contribution in [0.5, 0.6) is 5.75 Å². The van der Waals surface area contributed by atoms with Crippen molar-refractivity contribution in [2.45, 2.75) is 32.3 Å². The summed E-state index contributed by atoms with van der Waals surface area (Å²) in [5, 5.41) is 6.47. The predicted molar refractivity (Wildman–Crippen MR) is 122 cm³/mol. The molecule has 0 aliphatic carbocycles. The summed E-state index contributed by atoms with van der Waals surface area (Å²) >= 11 is 0. The van der Waals surface area contributed by atoms with Gasteiger partial charge in [-0.25, -0.2) is 0 Å². The van der Waals surface area contributed by atoms with Crippen LogP contribution in [0.4, 0.5) is 0 Å². The topological polar surface area (TPSA) is 59.6 Å². The van der Waals surface area contributed by atoms with Gasteiger partial charge >= 0.3 is 0 Å². The number of methoxy groups -OCH3 is 1. The zero-order valence-corrected chi connectivity index (χ0v) is 18.7. The van der Waals surface area contributed by atoms with E-state index in [0.29, 0.717) is 13.2 Å². The Morgan fingerprint density at radius 3 is 2.47 bits per heavy atom. The molecule has 1 fully saturated rings. The normalized spacial score (nSPS) is 16.2. The maximum Gasteiger partial charge on any atom is 0.260 e. The Morgan fingerprint density at radius 1 is 1.10 bits per heavy atom. The molecule has 164 valence electrons.